The normalized spacial score (nSPS) is 14.8. The molecule has 11 nitrogen and oxygen atoms in total. The molecule has 168 valence electrons. The van der Waals surface area contributed by atoms with E-state index >= 15 is 0 Å². The minimum atomic E-state index is -4.32. The second kappa shape index (κ2) is 11.9. The molecule has 0 bridgehead atoms. The average Bonchev–Trinajstić information content (AvgIpc) is 2.52. The lowest BCUT2D eigenvalue weighted by Gasteiger charge is -2.26. The maximum atomic E-state index is 13.2. The molecule has 0 heterocycles. The van der Waals surface area contributed by atoms with E-state index in [0.717, 1.165) is 0 Å². The summed E-state index contributed by atoms with van der Waals surface area (Å²) in [6, 6.07) is -2.32. The fourth-order valence-electron chi connectivity index (χ4n) is 1.94. The quantitative estimate of drug-likeness (QED) is 0.300. The van der Waals surface area contributed by atoms with Crippen LogP contribution in [0.5, 0.6) is 0 Å². The molecule has 0 rings (SSSR count). The van der Waals surface area contributed by atoms with Gasteiger partial charge in [-0.05, 0) is 41.5 Å². The third-order valence-corrected chi connectivity index (χ3v) is 5.13. The van der Waals surface area contributed by atoms with Crippen molar-refractivity contribution in [1.29, 1.82) is 0 Å². The fourth-order valence-corrected chi connectivity index (χ4v) is 3.78. The Morgan fingerprint density at radius 1 is 0.793 bits per heavy atom. The molecule has 3 N–H and O–H groups in total. The number of nitrogens with one attached hydrogen (secondary N) is 2. The molecule has 0 spiro atoms. The third kappa shape index (κ3) is 11.0. The number of esters is 2. The van der Waals surface area contributed by atoms with Crippen molar-refractivity contribution in [3.63, 3.8) is 0 Å². The molecule has 0 aromatic heterocycles. The molecule has 3 atom stereocenters. The molecular weight excluding hydrogens is 407 g/mol. The molecule has 12 heteroatoms. The Bertz CT molecular complexity index is 617. The molecule has 0 aromatic carbocycles. The van der Waals surface area contributed by atoms with E-state index in [0.29, 0.717) is 0 Å². The topological polar surface area (TPSA) is 157 Å². The Labute approximate surface area is 170 Å². The first-order valence-electron chi connectivity index (χ1n) is 9.18. The molecule has 0 aliphatic heterocycles. The Hall–Kier alpha value is -1.97. The van der Waals surface area contributed by atoms with E-state index in [2.05, 4.69) is 10.2 Å². The first-order valence-corrected chi connectivity index (χ1v) is 10.8. The van der Waals surface area contributed by atoms with Gasteiger partial charge in [0.05, 0.1) is 24.5 Å². The lowest BCUT2D eigenvalue weighted by Crippen LogP contribution is -2.43. The van der Waals surface area contributed by atoms with Crippen molar-refractivity contribution in [2.75, 3.05) is 0 Å². The van der Waals surface area contributed by atoms with Crippen molar-refractivity contribution in [3.8, 4) is 0 Å². The average molecular weight is 438 g/mol. The van der Waals surface area contributed by atoms with Gasteiger partial charge < -0.3 is 19.1 Å². The van der Waals surface area contributed by atoms with E-state index < -0.39 is 68.2 Å². The lowest BCUT2D eigenvalue weighted by atomic mass is 10.1. The van der Waals surface area contributed by atoms with Gasteiger partial charge in [0.25, 0.3) is 0 Å². The van der Waals surface area contributed by atoms with Gasteiger partial charge in [-0.2, -0.15) is 0 Å². The number of ether oxygens (including phenoxy) is 2. The maximum Gasteiger partial charge on any atom is 0.394 e. The Morgan fingerprint density at radius 2 is 1.17 bits per heavy atom. The van der Waals surface area contributed by atoms with Gasteiger partial charge in [-0.3, -0.25) is 19.2 Å². The zero-order chi connectivity index (χ0) is 22.9. The summed E-state index contributed by atoms with van der Waals surface area (Å²) in [7, 11) is -4.32. The highest BCUT2D eigenvalue weighted by molar-refractivity contribution is 7.55. The predicted molar refractivity (Wildman–Crippen MR) is 103 cm³/mol. The highest BCUT2D eigenvalue weighted by Gasteiger charge is 2.37. The van der Waals surface area contributed by atoms with Crippen molar-refractivity contribution in [2.24, 2.45) is 5.92 Å². The van der Waals surface area contributed by atoms with E-state index in [9.17, 15) is 23.7 Å². The highest BCUT2D eigenvalue weighted by Crippen LogP contribution is 2.40. The number of hydrogen-bond acceptors (Lipinski definition) is 8. The molecule has 0 amide bonds. The second-order valence-electron chi connectivity index (χ2n) is 7.13. The van der Waals surface area contributed by atoms with E-state index in [1.165, 1.54) is 20.8 Å². The van der Waals surface area contributed by atoms with Gasteiger partial charge in [0.2, 0.25) is 0 Å². The number of carbonyl (C=O) groups excluding carboxylic acids is 3. The summed E-state index contributed by atoms with van der Waals surface area (Å²) in [6.45, 7) is 10.5. The van der Waals surface area contributed by atoms with Gasteiger partial charge in [0.1, 0.15) is 12.1 Å². The van der Waals surface area contributed by atoms with Crippen LogP contribution in [0, 0.1) is 5.92 Å². The number of hydrogen-bond donors (Lipinski definition) is 3. The van der Waals surface area contributed by atoms with Gasteiger partial charge in [0, 0.05) is 0 Å². The summed E-state index contributed by atoms with van der Waals surface area (Å²) in [5.74, 6) is -4.94. The number of rotatable bonds is 12. The van der Waals surface area contributed by atoms with Crippen LogP contribution in [0.4, 0.5) is 0 Å². The smallest absolute Gasteiger partial charge is 0.394 e. The van der Waals surface area contributed by atoms with Crippen LogP contribution in [0.25, 0.3) is 0 Å². The van der Waals surface area contributed by atoms with Gasteiger partial charge in [0.15, 0.2) is 0 Å². The molecule has 0 saturated heterocycles. The summed E-state index contributed by atoms with van der Waals surface area (Å²) in [5.41, 5.74) is 0. The number of carbonyl (C=O) groups is 4. The van der Waals surface area contributed by atoms with E-state index in [1.54, 1.807) is 27.7 Å². The van der Waals surface area contributed by atoms with Crippen molar-refractivity contribution in [3.05, 3.63) is 0 Å². The zero-order valence-corrected chi connectivity index (χ0v) is 18.6. The molecule has 0 aliphatic carbocycles. The Balaban J connectivity index is 5.47. The van der Waals surface area contributed by atoms with Crippen LogP contribution in [0.15, 0.2) is 0 Å². The van der Waals surface area contributed by atoms with Crippen molar-refractivity contribution in [2.45, 2.75) is 79.2 Å². The predicted octanol–water partition coefficient (Wildman–Crippen LogP) is 1.61. The fraction of sp³-hybridized carbons (Fsp3) is 0.765. The zero-order valence-electron chi connectivity index (χ0n) is 17.8. The molecule has 0 aliphatic rings. The van der Waals surface area contributed by atoms with E-state index in [4.69, 9.17) is 19.1 Å². The van der Waals surface area contributed by atoms with Crippen molar-refractivity contribution < 1.29 is 42.8 Å². The standard InChI is InChI=1S/C17H31N2O9P/c1-9(2)26-16(23)12(6)18-29(25,19-13(7)17(24)27-10(3)4)28-15(22)11(5)8-14(20)21/h9-13H,8H2,1-7H3,(H,20,21)(H2,18,19,25)/t11?,12-,13-/m0/s1. The maximum absolute atomic E-state index is 13.2. The number of carboxylic acids is 1. The molecule has 29 heavy (non-hydrogen) atoms. The minimum Gasteiger partial charge on any atom is -0.481 e. The first kappa shape index (κ1) is 27.0. The van der Waals surface area contributed by atoms with Gasteiger partial charge >= 0.3 is 31.5 Å². The summed E-state index contributed by atoms with van der Waals surface area (Å²) in [6.07, 6.45) is -1.41. The van der Waals surface area contributed by atoms with Crippen LogP contribution < -0.4 is 10.2 Å². The third-order valence-electron chi connectivity index (χ3n) is 3.24. The largest absolute Gasteiger partial charge is 0.481 e. The lowest BCUT2D eigenvalue weighted by molar-refractivity contribution is -0.149. The molecular formula is C17H31N2O9P. The van der Waals surface area contributed by atoms with Gasteiger partial charge in [-0.1, -0.05) is 6.92 Å². The number of aliphatic carboxylic acids is 1. The van der Waals surface area contributed by atoms with Gasteiger partial charge in [-0.15, -0.1) is 0 Å². The molecule has 0 radical (unpaired) electrons. The van der Waals surface area contributed by atoms with Crippen molar-refractivity contribution in [1.82, 2.24) is 10.2 Å². The van der Waals surface area contributed by atoms with E-state index in [1.807, 2.05) is 0 Å². The van der Waals surface area contributed by atoms with Crippen LogP contribution >= 0.6 is 7.67 Å². The molecule has 1 unspecified atom stereocenters. The van der Waals surface area contributed by atoms with Crippen LogP contribution in [-0.2, 0) is 37.7 Å². The Morgan fingerprint density at radius 3 is 1.48 bits per heavy atom. The summed E-state index contributed by atoms with van der Waals surface area (Å²) >= 11 is 0. The summed E-state index contributed by atoms with van der Waals surface area (Å²) < 4.78 is 28.2. The van der Waals surface area contributed by atoms with Crippen LogP contribution in [0.1, 0.15) is 54.9 Å². The van der Waals surface area contributed by atoms with Crippen LogP contribution in [-0.4, -0.2) is 53.3 Å². The summed E-state index contributed by atoms with van der Waals surface area (Å²) in [5, 5.41) is 13.5. The molecule has 0 saturated carbocycles. The SMILES string of the molecule is CC(C)OC(=O)[C@H](C)NP(=O)(N[C@@H](C)C(=O)OC(C)C)OC(=O)C(C)CC(=O)O. The monoisotopic (exact) mass is 438 g/mol. The van der Waals surface area contributed by atoms with Crippen LogP contribution in [0.2, 0.25) is 0 Å². The summed E-state index contributed by atoms with van der Waals surface area (Å²) in [4.78, 5) is 47.0. The number of carboxylic acid groups (broad SMARTS) is 1. The highest BCUT2D eigenvalue weighted by atomic mass is 31.2. The van der Waals surface area contributed by atoms with Crippen molar-refractivity contribution >= 4 is 31.5 Å². The second-order valence-corrected chi connectivity index (χ2v) is 8.94. The first-order chi connectivity index (χ1) is 13.2. The molecule has 0 fully saturated rings. The van der Waals surface area contributed by atoms with Crippen LogP contribution in [0.3, 0.4) is 0 Å². The Kier molecular flexibility index (Phi) is 11.1. The molecule has 0 aromatic rings. The minimum absolute atomic E-state index is 0.433. The van der Waals surface area contributed by atoms with E-state index in [-0.39, 0.29) is 0 Å². The van der Waals surface area contributed by atoms with Gasteiger partial charge in [-0.25, -0.2) is 14.7 Å².